The monoisotopic (exact) mass is 192 g/mol. The number of ether oxygens (including phenoxy) is 1. The molecule has 0 saturated carbocycles. The summed E-state index contributed by atoms with van der Waals surface area (Å²) in [6.07, 6.45) is 8.35. The number of hydrogen-bond acceptors (Lipinski definition) is 3. The highest BCUT2D eigenvalue weighted by Gasteiger charge is 2.18. The van der Waals surface area contributed by atoms with Crippen molar-refractivity contribution in [3.63, 3.8) is 0 Å². The maximum atomic E-state index is 5.50. The predicted molar refractivity (Wildman–Crippen MR) is 57.6 cm³/mol. The lowest BCUT2D eigenvalue weighted by molar-refractivity contribution is -0.00610. The molecule has 14 heavy (non-hydrogen) atoms. The van der Waals surface area contributed by atoms with Crippen LogP contribution >= 0.6 is 0 Å². The summed E-state index contributed by atoms with van der Waals surface area (Å²) in [6.45, 7) is 5.70. The highest BCUT2D eigenvalue weighted by molar-refractivity contribution is 5.72. The molecule has 76 valence electrons. The SMILES string of the molecule is CC1CN(C2=CC=CC=NC2)CCO1. The highest BCUT2D eigenvalue weighted by atomic mass is 16.5. The summed E-state index contributed by atoms with van der Waals surface area (Å²) in [5.74, 6) is 0. The van der Waals surface area contributed by atoms with Gasteiger partial charge in [-0.3, -0.25) is 4.99 Å². The Kier molecular flexibility index (Phi) is 2.99. The molecule has 0 aromatic carbocycles. The van der Waals surface area contributed by atoms with Gasteiger partial charge >= 0.3 is 0 Å². The van der Waals surface area contributed by atoms with Gasteiger partial charge in [-0.05, 0) is 19.1 Å². The Morgan fingerprint density at radius 1 is 1.50 bits per heavy atom. The van der Waals surface area contributed by atoms with E-state index in [0.717, 1.165) is 26.2 Å². The van der Waals surface area contributed by atoms with E-state index in [-0.39, 0.29) is 0 Å². The second-order valence-electron chi connectivity index (χ2n) is 3.66. The Balaban J connectivity index is 2.03. The molecule has 0 aromatic rings. The molecule has 2 aliphatic heterocycles. The van der Waals surface area contributed by atoms with E-state index in [0.29, 0.717) is 6.10 Å². The van der Waals surface area contributed by atoms with Crippen molar-refractivity contribution in [3.8, 4) is 0 Å². The second kappa shape index (κ2) is 4.42. The fraction of sp³-hybridized carbons (Fsp3) is 0.545. The van der Waals surface area contributed by atoms with Crippen LogP contribution in [-0.4, -0.2) is 43.5 Å². The summed E-state index contributed by atoms with van der Waals surface area (Å²) in [7, 11) is 0. The molecule has 0 amide bonds. The zero-order valence-corrected chi connectivity index (χ0v) is 8.52. The molecule has 0 aromatic heterocycles. The third-order valence-corrected chi connectivity index (χ3v) is 2.49. The Morgan fingerprint density at radius 2 is 2.43 bits per heavy atom. The van der Waals surface area contributed by atoms with Gasteiger partial charge in [0.2, 0.25) is 0 Å². The summed E-state index contributed by atoms with van der Waals surface area (Å²) in [6, 6.07) is 0. The highest BCUT2D eigenvalue weighted by Crippen LogP contribution is 2.12. The van der Waals surface area contributed by atoms with Crippen LogP contribution in [0.4, 0.5) is 0 Å². The fourth-order valence-corrected chi connectivity index (χ4v) is 1.76. The first-order chi connectivity index (χ1) is 6.86. The summed E-state index contributed by atoms with van der Waals surface area (Å²) in [4.78, 5) is 6.65. The van der Waals surface area contributed by atoms with E-state index in [1.165, 1.54) is 5.70 Å². The molecule has 0 aliphatic carbocycles. The van der Waals surface area contributed by atoms with Crippen LogP contribution in [0.15, 0.2) is 28.9 Å². The zero-order valence-electron chi connectivity index (χ0n) is 8.52. The first kappa shape index (κ1) is 9.46. The molecule has 1 atom stereocenters. The van der Waals surface area contributed by atoms with Crippen LogP contribution in [0.25, 0.3) is 0 Å². The van der Waals surface area contributed by atoms with Crippen molar-refractivity contribution in [2.24, 2.45) is 4.99 Å². The van der Waals surface area contributed by atoms with Crippen LogP contribution < -0.4 is 0 Å². The van der Waals surface area contributed by atoms with Crippen molar-refractivity contribution < 1.29 is 4.74 Å². The van der Waals surface area contributed by atoms with Gasteiger partial charge in [0.1, 0.15) is 0 Å². The van der Waals surface area contributed by atoms with E-state index >= 15 is 0 Å². The fourth-order valence-electron chi connectivity index (χ4n) is 1.76. The van der Waals surface area contributed by atoms with Crippen LogP contribution in [0.5, 0.6) is 0 Å². The van der Waals surface area contributed by atoms with Crippen LogP contribution in [0.1, 0.15) is 6.92 Å². The molecular formula is C11H16N2O. The topological polar surface area (TPSA) is 24.8 Å². The van der Waals surface area contributed by atoms with Crippen LogP contribution in [0, 0.1) is 0 Å². The Morgan fingerprint density at radius 3 is 3.29 bits per heavy atom. The summed E-state index contributed by atoms with van der Waals surface area (Å²) in [5.41, 5.74) is 1.30. The van der Waals surface area contributed by atoms with E-state index in [2.05, 4.69) is 22.9 Å². The third kappa shape index (κ3) is 2.23. The minimum atomic E-state index is 0.334. The number of nitrogens with zero attached hydrogens (tertiary/aromatic N) is 2. The van der Waals surface area contributed by atoms with Crippen LogP contribution in [-0.2, 0) is 4.74 Å². The maximum absolute atomic E-state index is 5.50. The summed E-state index contributed by atoms with van der Waals surface area (Å²) in [5, 5.41) is 0. The minimum Gasteiger partial charge on any atom is -0.375 e. The van der Waals surface area contributed by atoms with Gasteiger partial charge in [-0.1, -0.05) is 6.08 Å². The van der Waals surface area contributed by atoms with Gasteiger partial charge in [-0.25, -0.2) is 0 Å². The largest absolute Gasteiger partial charge is 0.375 e. The lowest BCUT2D eigenvalue weighted by atomic mass is 10.2. The van der Waals surface area contributed by atoms with Crippen molar-refractivity contribution in [2.75, 3.05) is 26.2 Å². The average molecular weight is 192 g/mol. The molecule has 0 radical (unpaired) electrons. The van der Waals surface area contributed by atoms with E-state index in [9.17, 15) is 0 Å². The molecule has 0 spiro atoms. The summed E-state index contributed by atoms with van der Waals surface area (Å²) < 4.78 is 5.50. The van der Waals surface area contributed by atoms with Gasteiger partial charge in [0.05, 0.1) is 19.3 Å². The average Bonchev–Trinajstić information content (AvgIpc) is 2.45. The van der Waals surface area contributed by atoms with Gasteiger partial charge in [0.15, 0.2) is 0 Å². The summed E-state index contributed by atoms with van der Waals surface area (Å²) >= 11 is 0. The minimum absolute atomic E-state index is 0.334. The van der Waals surface area contributed by atoms with Crippen molar-refractivity contribution in [1.29, 1.82) is 0 Å². The molecule has 3 heteroatoms. The van der Waals surface area contributed by atoms with Crippen molar-refractivity contribution in [1.82, 2.24) is 4.90 Å². The predicted octanol–water partition coefficient (Wildman–Crippen LogP) is 1.23. The van der Waals surface area contributed by atoms with Crippen LogP contribution in [0.2, 0.25) is 0 Å². The Labute approximate surface area is 84.8 Å². The molecule has 1 fully saturated rings. The molecule has 0 N–H and O–H groups in total. The van der Waals surface area contributed by atoms with E-state index in [4.69, 9.17) is 4.74 Å². The Bertz CT molecular complexity index is 281. The van der Waals surface area contributed by atoms with Crippen molar-refractivity contribution >= 4 is 6.21 Å². The lowest BCUT2D eigenvalue weighted by Crippen LogP contribution is -2.40. The van der Waals surface area contributed by atoms with Gasteiger partial charge in [0.25, 0.3) is 0 Å². The Hall–Kier alpha value is -1.09. The van der Waals surface area contributed by atoms with Crippen molar-refractivity contribution in [2.45, 2.75) is 13.0 Å². The van der Waals surface area contributed by atoms with Crippen molar-refractivity contribution in [3.05, 3.63) is 23.9 Å². The molecule has 2 rings (SSSR count). The van der Waals surface area contributed by atoms with E-state index in [1.807, 2.05) is 18.4 Å². The zero-order chi connectivity index (χ0) is 9.80. The van der Waals surface area contributed by atoms with E-state index in [1.54, 1.807) is 0 Å². The van der Waals surface area contributed by atoms with Gasteiger partial charge in [0, 0.05) is 25.0 Å². The lowest BCUT2D eigenvalue weighted by Gasteiger charge is -2.34. The first-order valence-corrected chi connectivity index (χ1v) is 5.08. The molecule has 0 bridgehead atoms. The molecule has 2 heterocycles. The first-order valence-electron chi connectivity index (χ1n) is 5.08. The number of rotatable bonds is 1. The van der Waals surface area contributed by atoms with Gasteiger partial charge < -0.3 is 9.64 Å². The van der Waals surface area contributed by atoms with E-state index < -0.39 is 0 Å². The number of hydrogen-bond donors (Lipinski definition) is 0. The quantitative estimate of drug-likeness (QED) is 0.624. The number of allylic oxidation sites excluding steroid dienone is 3. The smallest absolute Gasteiger partial charge is 0.0788 e. The van der Waals surface area contributed by atoms with Gasteiger partial charge in [-0.2, -0.15) is 0 Å². The second-order valence-corrected chi connectivity index (χ2v) is 3.66. The number of morpholine rings is 1. The molecule has 1 unspecified atom stereocenters. The molecule has 3 nitrogen and oxygen atoms in total. The molecular weight excluding hydrogens is 176 g/mol. The van der Waals surface area contributed by atoms with Gasteiger partial charge in [-0.15, -0.1) is 0 Å². The molecule has 2 aliphatic rings. The normalized spacial score (nSPS) is 27.4. The standard InChI is InChI=1S/C11H16N2O/c1-10-9-13(6-7-14-10)11-4-2-3-5-12-8-11/h2-5,10H,6-9H2,1H3. The third-order valence-electron chi connectivity index (χ3n) is 2.49. The molecule has 1 saturated heterocycles. The maximum Gasteiger partial charge on any atom is 0.0788 e. The van der Waals surface area contributed by atoms with Crippen LogP contribution in [0.3, 0.4) is 0 Å². The number of aliphatic imine (C=N–C) groups is 1.